The SMILES string of the molecule is CNC(=O)CC1=CCC(OC(C)C)=CC(Oc2ccc(S(C)(=O)=O)cc2)=C1. The second-order valence-corrected chi connectivity index (χ2v) is 8.52. The van der Waals surface area contributed by atoms with Crippen LogP contribution in [0.5, 0.6) is 5.75 Å². The third-order valence-corrected chi connectivity index (χ3v) is 4.84. The number of hydrogen-bond donors (Lipinski definition) is 1. The van der Waals surface area contributed by atoms with Gasteiger partial charge in [-0.3, -0.25) is 4.79 Å². The molecule has 1 amide bonds. The first kappa shape index (κ1) is 20.8. The Morgan fingerprint density at radius 3 is 2.41 bits per heavy atom. The van der Waals surface area contributed by atoms with Gasteiger partial charge < -0.3 is 14.8 Å². The topological polar surface area (TPSA) is 81.7 Å². The fourth-order valence-corrected chi connectivity index (χ4v) is 3.09. The number of allylic oxidation sites excluding steroid dienone is 3. The largest absolute Gasteiger partial charge is 0.495 e. The van der Waals surface area contributed by atoms with Crippen molar-refractivity contribution in [2.45, 2.75) is 37.7 Å². The predicted octanol–water partition coefficient (Wildman–Crippen LogP) is 3.13. The Hall–Kier alpha value is -2.54. The molecule has 7 heteroatoms. The maximum atomic E-state index is 11.7. The molecule has 0 radical (unpaired) electrons. The fraction of sp³-hybridized carbons (Fsp3) is 0.350. The highest BCUT2D eigenvalue weighted by Crippen LogP contribution is 2.24. The normalized spacial score (nSPS) is 14.6. The molecular weight excluding hydrogens is 366 g/mol. The zero-order valence-corrected chi connectivity index (χ0v) is 16.8. The van der Waals surface area contributed by atoms with Crippen molar-refractivity contribution in [2.24, 2.45) is 0 Å². The summed E-state index contributed by atoms with van der Waals surface area (Å²) in [5.74, 6) is 1.65. The predicted molar refractivity (Wildman–Crippen MR) is 104 cm³/mol. The lowest BCUT2D eigenvalue weighted by molar-refractivity contribution is -0.119. The molecule has 0 fully saturated rings. The van der Waals surface area contributed by atoms with E-state index in [4.69, 9.17) is 9.47 Å². The van der Waals surface area contributed by atoms with Crippen molar-refractivity contribution in [1.82, 2.24) is 5.32 Å². The summed E-state index contributed by atoms with van der Waals surface area (Å²) in [5, 5.41) is 2.61. The maximum absolute atomic E-state index is 11.7. The Morgan fingerprint density at radius 2 is 1.85 bits per heavy atom. The lowest BCUT2D eigenvalue weighted by Crippen LogP contribution is -2.17. The van der Waals surface area contributed by atoms with Crippen molar-refractivity contribution in [3.05, 3.63) is 59.6 Å². The third kappa shape index (κ3) is 6.60. The Bertz CT molecular complexity index is 877. The van der Waals surface area contributed by atoms with Crippen LogP contribution in [0, 0.1) is 0 Å². The zero-order valence-electron chi connectivity index (χ0n) is 16.0. The van der Waals surface area contributed by atoms with E-state index in [0.29, 0.717) is 17.9 Å². The van der Waals surface area contributed by atoms with E-state index in [0.717, 1.165) is 17.6 Å². The Labute approximate surface area is 160 Å². The lowest BCUT2D eigenvalue weighted by Gasteiger charge is -2.13. The molecule has 2 rings (SSSR count). The number of amides is 1. The molecule has 0 atom stereocenters. The summed E-state index contributed by atoms with van der Waals surface area (Å²) < 4.78 is 34.8. The van der Waals surface area contributed by atoms with Gasteiger partial charge in [-0.05, 0) is 49.8 Å². The summed E-state index contributed by atoms with van der Waals surface area (Å²) in [7, 11) is -1.67. The van der Waals surface area contributed by atoms with Crippen LogP contribution in [0.1, 0.15) is 26.7 Å². The zero-order chi connectivity index (χ0) is 20.0. The van der Waals surface area contributed by atoms with E-state index in [2.05, 4.69) is 5.32 Å². The van der Waals surface area contributed by atoms with Crippen molar-refractivity contribution >= 4 is 15.7 Å². The average Bonchev–Trinajstić information content (AvgIpc) is 2.75. The molecule has 0 aliphatic heterocycles. The number of carbonyl (C=O) groups excluding carboxylic acids is 1. The molecular formula is C20H25NO5S. The first-order chi connectivity index (χ1) is 12.7. The molecule has 1 aromatic rings. The molecule has 0 bridgehead atoms. The van der Waals surface area contributed by atoms with Gasteiger partial charge in [-0.25, -0.2) is 8.42 Å². The molecule has 0 heterocycles. The monoisotopic (exact) mass is 391 g/mol. The second-order valence-electron chi connectivity index (χ2n) is 6.50. The van der Waals surface area contributed by atoms with Crippen molar-refractivity contribution < 1.29 is 22.7 Å². The smallest absolute Gasteiger partial charge is 0.224 e. The van der Waals surface area contributed by atoms with Gasteiger partial charge in [0.1, 0.15) is 17.3 Å². The summed E-state index contributed by atoms with van der Waals surface area (Å²) in [4.78, 5) is 11.9. The Kier molecular flexibility index (Phi) is 6.85. The number of benzene rings is 1. The van der Waals surface area contributed by atoms with E-state index in [9.17, 15) is 13.2 Å². The van der Waals surface area contributed by atoms with E-state index in [-0.39, 0.29) is 23.3 Å². The lowest BCUT2D eigenvalue weighted by atomic mass is 10.1. The fourth-order valence-electron chi connectivity index (χ4n) is 2.46. The van der Waals surface area contributed by atoms with Gasteiger partial charge in [-0.2, -0.15) is 0 Å². The van der Waals surface area contributed by atoms with Gasteiger partial charge in [-0.1, -0.05) is 6.08 Å². The summed E-state index contributed by atoms with van der Waals surface area (Å²) in [6.45, 7) is 3.88. The average molecular weight is 391 g/mol. The molecule has 0 spiro atoms. The molecule has 1 aliphatic rings. The summed E-state index contributed by atoms with van der Waals surface area (Å²) in [6.07, 6.45) is 7.48. The van der Waals surface area contributed by atoms with Crippen LogP contribution in [-0.2, 0) is 19.4 Å². The van der Waals surface area contributed by atoms with Gasteiger partial charge in [0, 0.05) is 25.8 Å². The molecule has 0 saturated heterocycles. The minimum absolute atomic E-state index is 0.0143. The molecule has 0 aromatic heterocycles. The van der Waals surface area contributed by atoms with Crippen LogP contribution in [0.25, 0.3) is 0 Å². The van der Waals surface area contributed by atoms with Crippen LogP contribution < -0.4 is 10.1 Å². The number of sulfone groups is 1. The van der Waals surface area contributed by atoms with Crippen molar-refractivity contribution in [3.8, 4) is 5.75 Å². The van der Waals surface area contributed by atoms with E-state index < -0.39 is 9.84 Å². The van der Waals surface area contributed by atoms with Crippen LogP contribution >= 0.6 is 0 Å². The molecule has 27 heavy (non-hydrogen) atoms. The molecule has 0 saturated carbocycles. The molecule has 146 valence electrons. The number of nitrogens with one attached hydrogen (secondary N) is 1. The number of ether oxygens (including phenoxy) is 2. The highest BCUT2D eigenvalue weighted by molar-refractivity contribution is 7.90. The van der Waals surface area contributed by atoms with Crippen LogP contribution in [0.4, 0.5) is 0 Å². The Balaban J connectivity index is 2.27. The van der Waals surface area contributed by atoms with Gasteiger partial charge in [0.25, 0.3) is 0 Å². The summed E-state index contributed by atoms with van der Waals surface area (Å²) in [6, 6.07) is 6.19. The minimum atomic E-state index is -3.26. The standard InChI is InChI=1S/C20H25NO5S/c1-14(2)25-17-6-5-15(12-20(22)21-3)11-18(13-17)26-16-7-9-19(10-8-16)27(4,23)24/h5,7-11,13-14H,6,12H2,1-4H3,(H,21,22). The number of rotatable bonds is 7. The van der Waals surface area contributed by atoms with E-state index in [1.165, 1.54) is 12.1 Å². The van der Waals surface area contributed by atoms with Gasteiger partial charge in [-0.15, -0.1) is 0 Å². The maximum Gasteiger partial charge on any atom is 0.224 e. The van der Waals surface area contributed by atoms with E-state index in [1.807, 2.05) is 19.9 Å². The molecule has 1 N–H and O–H groups in total. The molecule has 1 aromatic carbocycles. The van der Waals surface area contributed by atoms with Gasteiger partial charge in [0.2, 0.25) is 5.91 Å². The van der Waals surface area contributed by atoms with Crippen LogP contribution in [-0.4, -0.2) is 33.7 Å². The first-order valence-corrected chi connectivity index (χ1v) is 10.5. The van der Waals surface area contributed by atoms with Gasteiger partial charge in [0.05, 0.1) is 17.4 Å². The second kappa shape index (κ2) is 8.90. The van der Waals surface area contributed by atoms with Crippen molar-refractivity contribution in [3.63, 3.8) is 0 Å². The summed E-state index contributed by atoms with van der Waals surface area (Å²) >= 11 is 0. The summed E-state index contributed by atoms with van der Waals surface area (Å²) in [5.41, 5.74) is 0.815. The van der Waals surface area contributed by atoms with Crippen LogP contribution in [0.2, 0.25) is 0 Å². The minimum Gasteiger partial charge on any atom is -0.495 e. The first-order valence-electron chi connectivity index (χ1n) is 8.64. The molecule has 1 aliphatic carbocycles. The third-order valence-electron chi connectivity index (χ3n) is 3.71. The van der Waals surface area contributed by atoms with Crippen molar-refractivity contribution in [2.75, 3.05) is 13.3 Å². The van der Waals surface area contributed by atoms with Crippen LogP contribution in [0.15, 0.2) is 64.5 Å². The van der Waals surface area contributed by atoms with E-state index >= 15 is 0 Å². The van der Waals surface area contributed by atoms with Crippen molar-refractivity contribution in [1.29, 1.82) is 0 Å². The Morgan fingerprint density at radius 1 is 1.19 bits per heavy atom. The quantitative estimate of drug-likeness (QED) is 0.772. The molecule has 0 unspecified atom stereocenters. The highest BCUT2D eigenvalue weighted by Gasteiger charge is 2.13. The van der Waals surface area contributed by atoms with Gasteiger partial charge >= 0.3 is 0 Å². The van der Waals surface area contributed by atoms with Gasteiger partial charge in [0.15, 0.2) is 9.84 Å². The molecule has 6 nitrogen and oxygen atoms in total. The highest BCUT2D eigenvalue weighted by atomic mass is 32.2. The number of carbonyl (C=O) groups is 1. The number of hydrogen-bond acceptors (Lipinski definition) is 5. The van der Waals surface area contributed by atoms with Crippen LogP contribution in [0.3, 0.4) is 0 Å². The van der Waals surface area contributed by atoms with E-state index in [1.54, 1.807) is 31.3 Å².